The van der Waals surface area contributed by atoms with E-state index in [0.29, 0.717) is 12.0 Å². The fourth-order valence-corrected chi connectivity index (χ4v) is 3.87. The van der Waals surface area contributed by atoms with Gasteiger partial charge in [0.1, 0.15) is 6.10 Å². The Labute approximate surface area is 144 Å². The van der Waals surface area contributed by atoms with Gasteiger partial charge in [-0.15, -0.1) is 11.6 Å². The summed E-state index contributed by atoms with van der Waals surface area (Å²) in [5, 5.41) is 0. The van der Waals surface area contributed by atoms with Crippen molar-refractivity contribution in [2.75, 3.05) is 5.88 Å². The van der Waals surface area contributed by atoms with E-state index < -0.39 is 0 Å². The number of hydrogen-bond donors (Lipinski definition) is 0. The van der Waals surface area contributed by atoms with Gasteiger partial charge in [0.25, 0.3) is 0 Å². The van der Waals surface area contributed by atoms with Gasteiger partial charge < -0.3 is 4.74 Å². The highest BCUT2D eigenvalue weighted by atomic mass is 35.5. The van der Waals surface area contributed by atoms with Gasteiger partial charge >= 0.3 is 0 Å². The highest BCUT2D eigenvalue weighted by Crippen LogP contribution is 2.41. The zero-order valence-electron chi connectivity index (χ0n) is 15.7. The van der Waals surface area contributed by atoms with E-state index in [2.05, 4.69) is 34.6 Å². The van der Waals surface area contributed by atoms with Crippen molar-refractivity contribution in [1.82, 2.24) is 0 Å². The van der Waals surface area contributed by atoms with Gasteiger partial charge in [0.05, 0.1) is 11.5 Å². The van der Waals surface area contributed by atoms with E-state index in [1.165, 1.54) is 57.8 Å². The van der Waals surface area contributed by atoms with E-state index in [1.54, 1.807) is 0 Å². The molecule has 0 N–H and O–H groups in total. The van der Waals surface area contributed by atoms with Crippen LogP contribution >= 0.6 is 11.6 Å². The second-order valence-electron chi connectivity index (χ2n) is 8.43. The smallest absolute Gasteiger partial charge is 0.101 e. The fraction of sp³-hybridized carbons (Fsp3) is 1.00. The lowest BCUT2D eigenvalue weighted by Crippen LogP contribution is -2.11. The molecule has 1 saturated heterocycles. The highest BCUT2D eigenvalue weighted by Gasteiger charge is 2.50. The summed E-state index contributed by atoms with van der Waals surface area (Å²) in [4.78, 5) is 0. The lowest BCUT2D eigenvalue weighted by Gasteiger charge is -2.15. The average Bonchev–Trinajstić information content (AvgIpc) is 3.09. The lowest BCUT2D eigenvalue weighted by atomic mass is 9.91. The Morgan fingerprint density at radius 3 is 1.82 bits per heavy atom. The summed E-state index contributed by atoms with van der Waals surface area (Å²) in [6.45, 7) is 11.7. The maximum atomic E-state index is 5.85. The van der Waals surface area contributed by atoms with Crippen LogP contribution in [0, 0.1) is 17.8 Å². The van der Waals surface area contributed by atoms with Gasteiger partial charge in [-0.3, -0.25) is 0 Å². The summed E-state index contributed by atoms with van der Waals surface area (Å²) >= 11 is 5.85. The van der Waals surface area contributed by atoms with Crippen molar-refractivity contribution in [2.24, 2.45) is 17.8 Å². The first-order chi connectivity index (χ1) is 10.4. The summed E-state index contributed by atoms with van der Waals surface area (Å²) in [6, 6.07) is 0. The molecule has 1 rings (SSSR count). The topological polar surface area (TPSA) is 12.5 Å². The van der Waals surface area contributed by atoms with Crippen LogP contribution in [-0.2, 0) is 4.74 Å². The molecule has 0 aromatic heterocycles. The van der Waals surface area contributed by atoms with Crippen LogP contribution in [0.25, 0.3) is 0 Å². The molecule has 1 aliphatic rings. The highest BCUT2D eigenvalue weighted by molar-refractivity contribution is 6.18. The molecule has 0 aromatic rings. The first-order valence-corrected chi connectivity index (χ1v) is 10.1. The molecule has 0 amide bonds. The zero-order valence-corrected chi connectivity index (χ0v) is 16.4. The Balaban J connectivity index is 1.96. The molecule has 0 spiro atoms. The molecule has 2 heteroatoms. The molecule has 1 aliphatic heterocycles. The molecule has 132 valence electrons. The lowest BCUT2D eigenvalue weighted by molar-refractivity contribution is 0.286. The minimum atomic E-state index is 0.104. The number of halogens is 1. The van der Waals surface area contributed by atoms with E-state index in [1.807, 2.05) is 0 Å². The van der Waals surface area contributed by atoms with E-state index in [-0.39, 0.29) is 5.60 Å². The van der Waals surface area contributed by atoms with E-state index in [0.717, 1.165) is 17.8 Å². The van der Waals surface area contributed by atoms with E-state index in [4.69, 9.17) is 16.3 Å². The number of rotatable bonds is 13. The van der Waals surface area contributed by atoms with Crippen molar-refractivity contribution in [3.63, 3.8) is 0 Å². The maximum Gasteiger partial charge on any atom is 0.101 e. The number of ether oxygens (including phenoxy) is 1. The third-order valence-electron chi connectivity index (χ3n) is 5.42. The Kier molecular flexibility index (Phi) is 9.40. The van der Waals surface area contributed by atoms with Crippen molar-refractivity contribution < 1.29 is 4.74 Å². The Hall–Kier alpha value is 0.250. The van der Waals surface area contributed by atoms with Gasteiger partial charge in [-0.2, -0.15) is 0 Å². The van der Waals surface area contributed by atoms with E-state index in [9.17, 15) is 0 Å². The molecule has 1 unspecified atom stereocenters. The van der Waals surface area contributed by atoms with Crippen molar-refractivity contribution in [2.45, 2.75) is 104 Å². The van der Waals surface area contributed by atoms with Gasteiger partial charge in [-0.05, 0) is 31.1 Å². The van der Waals surface area contributed by atoms with Crippen LogP contribution in [0.2, 0.25) is 0 Å². The molecule has 0 bridgehead atoms. The normalized spacial score (nSPS) is 27.1. The van der Waals surface area contributed by atoms with Crippen LogP contribution in [0.15, 0.2) is 0 Å². The molecule has 0 aromatic carbocycles. The summed E-state index contributed by atoms with van der Waals surface area (Å²) < 4.78 is 5.67. The van der Waals surface area contributed by atoms with Gasteiger partial charge in [-0.1, -0.05) is 79.1 Å². The molecule has 4 atom stereocenters. The largest absolute Gasteiger partial charge is 0.365 e. The minimum absolute atomic E-state index is 0.104. The molecule has 1 nitrogen and oxygen atoms in total. The fourth-order valence-electron chi connectivity index (χ4n) is 3.49. The van der Waals surface area contributed by atoms with Crippen LogP contribution in [0.5, 0.6) is 0 Å². The number of epoxide rings is 1. The summed E-state index contributed by atoms with van der Waals surface area (Å²) in [5.41, 5.74) is 0.104. The van der Waals surface area contributed by atoms with Crippen molar-refractivity contribution in [3.05, 3.63) is 0 Å². The minimum Gasteiger partial charge on any atom is -0.365 e. The van der Waals surface area contributed by atoms with Crippen LogP contribution in [0.1, 0.15) is 92.4 Å². The average molecular weight is 331 g/mol. The number of alkyl halides is 1. The third kappa shape index (κ3) is 8.20. The van der Waals surface area contributed by atoms with Crippen molar-refractivity contribution in [1.29, 1.82) is 0 Å². The predicted octanol–water partition coefficient (Wildman–Crippen LogP) is 6.82. The van der Waals surface area contributed by atoms with Gasteiger partial charge in [0.2, 0.25) is 0 Å². The molecule has 22 heavy (non-hydrogen) atoms. The summed E-state index contributed by atoms with van der Waals surface area (Å²) in [7, 11) is 0. The van der Waals surface area contributed by atoms with E-state index >= 15 is 0 Å². The Morgan fingerprint density at radius 1 is 0.864 bits per heavy atom. The Bertz CT molecular complexity index is 291. The quantitative estimate of drug-likeness (QED) is 0.266. The van der Waals surface area contributed by atoms with Crippen molar-refractivity contribution >= 4 is 11.6 Å². The molecular formula is C20H39ClO. The summed E-state index contributed by atoms with van der Waals surface area (Å²) in [5.74, 6) is 3.29. The van der Waals surface area contributed by atoms with Crippen LogP contribution in [0.4, 0.5) is 0 Å². The first-order valence-electron chi connectivity index (χ1n) is 9.61. The molecule has 0 saturated carbocycles. The molecular weight excluding hydrogens is 292 g/mol. The third-order valence-corrected chi connectivity index (χ3v) is 5.70. The number of hydrogen-bond acceptors (Lipinski definition) is 1. The van der Waals surface area contributed by atoms with Crippen LogP contribution < -0.4 is 0 Å². The maximum absolute atomic E-state index is 5.85. The zero-order chi connectivity index (χ0) is 16.6. The van der Waals surface area contributed by atoms with Crippen LogP contribution in [-0.4, -0.2) is 17.6 Å². The van der Waals surface area contributed by atoms with Gasteiger partial charge in [0.15, 0.2) is 0 Å². The molecule has 1 heterocycles. The standard InChI is InChI=1S/C20H39ClO/c1-16(2)9-6-10-17(3)11-7-12-18(4)13-8-14-20(5)19(15-21)22-20/h16-19H,6-15H2,1-5H3/t17-,18-,19-,20?/m1/s1. The van der Waals surface area contributed by atoms with Gasteiger partial charge in [-0.25, -0.2) is 0 Å². The summed E-state index contributed by atoms with van der Waals surface area (Å²) in [6.07, 6.45) is 12.6. The van der Waals surface area contributed by atoms with Gasteiger partial charge in [0, 0.05) is 0 Å². The molecule has 0 aliphatic carbocycles. The van der Waals surface area contributed by atoms with Crippen LogP contribution in [0.3, 0.4) is 0 Å². The SMILES string of the molecule is CC(C)CCC[C@@H](C)CCC[C@@H](C)CCCC1(C)O[C@@H]1CCl. The molecule has 1 fully saturated rings. The monoisotopic (exact) mass is 330 g/mol. The second-order valence-corrected chi connectivity index (χ2v) is 8.74. The first kappa shape index (κ1) is 20.3. The second kappa shape index (κ2) is 10.2. The Morgan fingerprint density at radius 2 is 1.36 bits per heavy atom. The predicted molar refractivity (Wildman–Crippen MR) is 98.7 cm³/mol. The molecule has 0 radical (unpaired) electrons. The van der Waals surface area contributed by atoms with Crippen molar-refractivity contribution in [3.8, 4) is 0 Å².